The van der Waals surface area contributed by atoms with Crippen LogP contribution in [0.5, 0.6) is 5.75 Å². The first kappa shape index (κ1) is 13.8. The highest BCUT2D eigenvalue weighted by atomic mass is 79.9. The fraction of sp³-hybridized carbons (Fsp3) is 0.188. The maximum atomic E-state index is 11.3. The summed E-state index contributed by atoms with van der Waals surface area (Å²) in [5.74, 6) is 0.719. The summed E-state index contributed by atoms with van der Waals surface area (Å²) in [4.78, 5) is 11.3. The molecule has 0 saturated heterocycles. The molecule has 3 heteroatoms. The number of ether oxygens (including phenoxy) is 1. The lowest BCUT2D eigenvalue weighted by Crippen LogP contribution is -2.04. The predicted octanol–water partition coefficient (Wildman–Crippen LogP) is 3.98. The smallest absolute Gasteiger partial charge is 0.127 e. The zero-order valence-corrected chi connectivity index (χ0v) is 12.3. The van der Waals surface area contributed by atoms with E-state index in [1.54, 1.807) is 7.11 Å². The molecule has 2 rings (SSSR count). The van der Waals surface area contributed by atoms with Crippen LogP contribution in [0.15, 0.2) is 53.0 Å². The number of methoxy groups -OCH3 is 1. The number of aldehydes is 1. The first-order valence-corrected chi connectivity index (χ1v) is 6.86. The van der Waals surface area contributed by atoms with Crippen molar-refractivity contribution < 1.29 is 9.53 Å². The molecule has 0 heterocycles. The van der Waals surface area contributed by atoms with Gasteiger partial charge in [0.1, 0.15) is 12.0 Å². The number of carbonyl (C=O) groups is 1. The molecule has 0 aliphatic rings. The van der Waals surface area contributed by atoms with Gasteiger partial charge < -0.3 is 9.53 Å². The molecule has 98 valence electrons. The minimum absolute atomic E-state index is 0.110. The second-order valence-corrected chi connectivity index (χ2v) is 5.26. The van der Waals surface area contributed by atoms with E-state index in [-0.39, 0.29) is 5.92 Å². The van der Waals surface area contributed by atoms with Gasteiger partial charge in [0.15, 0.2) is 0 Å². The summed E-state index contributed by atoms with van der Waals surface area (Å²) in [5.41, 5.74) is 2.16. The van der Waals surface area contributed by atoms with E-state index in [4.69, 9.17) is 4.74 Å². The Hall–Kier alpha value is -1.61. The van der Waals surface area contributed by atoms with E-state index in [9.17, 15) is 4.79 Å². The first-order chi connectivity index (χ1) is 9.22. The number of halogens is 1. The SMILES string of the molecule is COc1ccc(CC(C=O)c2ccc(Br)cc2)cc1. The van der Waals surface area contributed by atoms with Crippen LogP contribution in [-0.2, 0) is 11.2 Å². The lowest BCUT2D eigenvalue weighted by Gasteiger charge is -2.11. The fourth-order valence-electron chi connectivity index (χ4n) is 1.97. The average molecular weight is 319 g/mol. The van der Waals surface area contributed by atoms with Crippen molar-refractivity contribution in [3.8, 4) is 5.75 Å². The summed E-state index contributed by atoms with van der Waals surface area (Å²) in [6, 6.07) is 15.7. The third kappa shape index (κ3) is 3.67. The van der Waals surface area contributed by atoms with Gasteiger partial charge in [-0.3, -0.25) is 0 Å². The average Bonchev–Trinajstić information content (AvgIpc) is 2.46. The quantitative estimate of drug-likeness (QED) is 0.779. The van der Waals surface area contributed by atoms with Crippen LogP contribution in [0.25, 0.3) is 0 Å². The third-order valence-corrected chi connectivity index (χ3v) is 3.61. The maximum Gasteiger partial charge on any atom is 0.127 e. The Bertz CT molecular complexity index is 532. The van der Waals surface area contributed by atoms with Gasteiger partial charge in [-0.05, 0) is 41.8 Å². The van der Waals surface area contributed by atoms with E-state index in [1.165, 1.54) is 0 Å². The molecular weight excluding hydrogens is 304 g/mol. The Balaban J connectivity index is 2.14. The van der Waals surface area contributed by atoms with E-state index in [1.807, 2.05) is 48.5 Å². The van der Waals surface area contributed by atoms with E-state index in [2.05, 4.69) is 15.9 Å². The van der Waals surface area contributed by atoms with E-state index >= 15 is 0 Å². The van der Waals surface area contributed by atoms with E-state index < -0.39 is 0 Å². The highest BCUT2D eigenvalue weighted by Crippen LogP contribution is 2.22. The van der Waals surface area contributed by atoms with Gasteiger partial charge in [0.2, 0.25) is 0 Å². The normalized spacial score (nSPS) is 11.9. The second kappa shape index (κ2) is 6.53. The molecule has 0 aliphatic carbocycles. The van der Waals surface area contributed by atoms with Gasteiger partial charge in [0, 0.05) is 10.4 Å². The molecule has 0 saturated carbocycles. The second-order valence-electron chi connectivity index (χ2n) is 4.35. The molecule has 0 amide bonds. The molecule has 2 nitrogen and oxygen atoms in total. The Morgan fingerprint density at radius 3 is 2.26 bits per heavy atom. The zero-order chi connectivity index (χ0) is 13.7. The Labute approximate surface area is 121 Å². The van der Waals surface area contributed by atoms with Gasteiger partial charge in [-0.2, -0.15) is 0 Å². The summed E-state index contributed by atoms with van der Waals surface area (Å²) < 4.78 is 6.14. The van der Waals surface area contributed by atoms with Gasteiger partial charge in [0.05, 0.1) is 7.11 Å². The van der Waals surface area contributed by atoms with Crippen LogP contribution >= 0.6 is 15.9 Å². The van der Waals surface area contributed by atoms with Crippen LogP contribution < -0.4 is 4.74 Å². The standard InChI is InChI=1S/C16H15BrO2/c1-19-16-8-2-12(3-9-16)10-14(11-18)13-4-6-15(17)7-5-13/h2-9,11,14H,10H2,1H3. The van der Waals surface area contributed by atoms with Crippen LogP contribution in [0.1, 0.15) is 17.0 Å². The van der Waals surface area contributed by atoms with Gasteiger partial charge in [0.25, 0.3) is 0 Å². The molecule has 2 aromatic rings. The lowest BCUT2D eigenvalue weighted by atomic mass is 9.93. The minimum Gasteiger partial charge on any atom is -0.497 e. The Morgan fingerprint density at radius 1 is 1.11 bits per heavy atom. The molecule has 0 spiro atoms. The molecule has 1 unspecified atom stereocenters. The number of hydrogen-bond acceptors (Lipinski definition) is 2. The molecule has 2 aromatic carbocycles. The Kier molecular flexibility index (Phi) is 4.74. The highest BCUT2D eigenvalue weighted by molar-refractivity contribution is 9.10. The van der Waals surface area contributed by atoms with Crippen molar-refractivity contribution in [2.45, 2.75) is 12.3 Å². The van der Waals surface area contributed by atoms with E-state index in [0.29, 0.717) is 6.42 Å². The van der Waals surface area contributed by atoms with Crippen LogP contribution in [0.4, 0.5) is 0 Å². The van der Waals surface area contributed by atoms with Crippen LogP contribution in [-0.4, -0.2) is 13.4 Å². The molecule has 0 fully saturated rings. The van der Waals surface area contributed by atoms with Crippen molar-refractivity contribution in [3.05, 3.63) is 64.1 Å². The lowest BCUT2D eigenvalue weighted by molar-refractivity contribution is -0.109. The van der Waals surface area contributed by atoms with Crippen molar-refractivity contribution in [1.82, 2.24) is 0 Å². The van der Waals surface area contributed by atoms with Gasteiger partial charge in [-0.15, -0.1) is 0 Å². The molecule has 1 atom stereocenters. The molecule has 0 N–H and O–H groups in total. The Morgan fingerprint density at radius 2 is 1.74 bits per heavy atom. The summed E-state index contributed by atoms with van der Waals surface area (Å²) >= 11 is 3.40. The number of benzene rings is 2. The topological polar surface area (TPSA) is 26.3 Å². The molecule has 0 radical (unpaired) electrons. The summed E-state index contributed by atoms with van der Waals surface area (Å²) in [6.45, 7) is 0. The molecule has 0 aromatic heterocycles. The molecule has 0 bridgehead atoms. The van der Waals surface area contributed by atoms with E-state index in [0.717, 1.165) is 27.6 Å². The summed E-state index contributed by atoms with van der Waals surface area (Å²) in [6.07, 6.45) is 1.71. The number of hydrogen-bond donors (Lipinski definition) is 0. The molecular formula is C16H15BrO2. The highest BCUT2D eigenvalue weighted by Gasteiger charge is 2.11. The van der Waals surface area contributed by atoms with Crippen molar-refractivity contribution in [3.63, 3.8) is 0 Å². The first-order valence-electron chi connectivity index (χ1n) is 6.06. The van der Waals surface area contributed by atoms with Crippen LogP contribution in [0, 0.1) is 0 Å². The number of carbonyl (C=O) groups excluding carboxylic acids is 1. The number of rotatable bonds is 5. The summed E-state index contributed by atoms with van der Waals surface area (Å²) in [5, 5.41) is 0. The monoisotopic (exact) mass is 318 g/mol. The van der Waals surface area contributed by atoms with Crippen LogP contribution in [0.2, 0.25) is 0 Å². The molecule has 0 aliphatic heterocycles. The fourth-order valence-corrected chi connectivity index (χ4v) is 2.23. The third-order valence-electron chi connectivity index (χ3n) is 3.08. The van der Waals surface area contributed by atoms with Gasteiger partial charge in [-0.1, -0.05) is 40.2 Å². The summed E-state index contributed by atoms with van der Waals surface area (Å²) in [7, 11) is 1.64. The maximum absolute atomic E-state index is 11.3. The van der Waals surface area contributed by atoms with Gasteiger partial charge in [-0.25, -0.2) is 0 Å². The van der Waals surface area contributed by atoms with Crippen molar-refractivity contribution >= 4 is 22.2 Å². The largest absolute Gasteiger partial charge is 0.497 e. The van der Waals surface area contributed by atoms with Crippen molar-refractivity contribution in [2.75, 3.05) is 7.11 Å². The van der Waals surface area contributed by atoms with Crippen molar-refractivity contribution in [2.24, 2.45) is 0 Å². The van der Waals surface area contributed by atoms with Gasteiger partial charge >= 0.3 is 0 Å². The predicted molar refractivity (Wildman–Crippen MR) is 79.6 cm³/mol. The van der Waals surface area contributed by atoms with Crippen molar-refractivity contribution in [1.29, 1.82) is 0 Å². The van der Waals surface area contributed by atoms with Crippen LogP contribution in [0.3, 0.4) is 0 Å². The minimum atomic E-state index is -0.110. The molecule has 19 heavy (non-hydrogen) atoms. The zero-order valence-electron chi connectivity index (χ0n) is 10.7.